The van der Waals surface area contributed by atoms with Crippen LogP contribution in [0.5, 0.6) is 0 Å². The van der Waals surface area contributed by atoms with Crippen molar-refractivity contribution >= 4 is 0 Å². The van der Waals surface area contributed by atoms with Crippen molar-refractivity contribution in [3.05, 3.63) is 0 Å². The van der Waals surface area contributed by atoms with E-state index in [4.69, 9.17) is 10.2 Å². The highest BCUT2D eigenvalue weighted by Gasteiger charge is 2.20. The number of rotatable bonds is 9. The first kappa shape index (κ1) is 14.8. The third-order valence-corrected chi connectivity index (χ3v) is 2.79. The van der Waals surface area contributed by atoms with Crippen molar-refractivity contribution in [1.29, 1.82) is 0 Å². The summed E-state index contributed by atoms with van der Waals surface area (Å²) >= 11 is 0. The van der Waals surface area contributed by atoms with E-state index in [2.05, 4.69) is 30.6 Å². The molecule has 0 saturated heterocycles. The molecule has 1 unspecified atom stereocenters. The number of aliphatic hydroxyl groups excluding tert-OH is 2. The zero-order valence-corrected chi connectivity index (χ0v) is 10.3. The molecule has 0 aromatic rings. The molecule has 0 radical (unpaired) electrons. The Bertz CT molecular complexity index is 135. The third-order valence-electron chi connectivity index (χ3n) is 2.79. The van der Waals surface area contributed by atoms with Crippen LogP contribution < -0.4 is 0 Å². The van der Waals surface area contributed by atoms with Crippen molar-refractivity contribution in [3.8, 4) is 0 Å². The van der Waals surface area contributed by atoms with Crippen LogP contribution in [0.3, 0.4) is 0 Å². The van der Waals surface area contributed by atoms with E-state index in [0.717, 1.165) is 19.5 Å². The van der Waals surface area contributed by atoms with Crippen LogP contribution in [0.4, 0.5) is 0 Å². The predicted octanol–water partition coefficient (Wildman–Crippen LogP) is 0.351. The van der Waals surface area contributed by atoms with Gasteiger partial charge < -0.3 is 10.2 Å². The van der Waals surface area contributed by atoms with Gasteiger partial charge in [0.05, 0.1) is 19.4 Å². The van der Waals surface area contributed by atoms with Gasteiger partial charge in [0, 0.05) is 13.1 Å². The molecule has 0 aliphatic rings. The molecule has 92 valence electrons. The fourth-order valence-electron chi connectivity index (χ4n) is 2.06. The monoisotopic (exact) mass is 218 g/mol. The lowest BCUT2D eigenvalue weighted by molar-refractivity contribution is 0.0232. The number of aliphatic hydroxyl groups is 2. The molecular formula is C11H26N2O2. The highest BCUT2D eigenvalue weighted by Crippen LogP contribution is 2.09. The minimum atomic E-state index is 0.151. The van der Waals surface area contributed by atoms with E-state index in [1.54, 1.807) is 0 Å². The molecule has 0 heterocycles. The summed E-state index contributed by atoms with van der Waals surface area (Å²) in [6, 6.07) is 0. The van der Waals surface area contributed by atoms with Gasteiger partial charge in [-0.15, -0.1) is 0 Å². The Morgan fingerprint density at radius 3 is 1.60 bits per heavy atom. The van der Waals surface area contributed by atoms with Crippen LogP contribution in [0.15, 0.2) is 0 Å². The van der Waals surface area contributed by atoms with Crippen molar-refractivity contribution in [2.45, 2.75) is 33.4 Å². The van der Waals surface area contributed by atoms with Gasteiger partial charge >= 0.3 is 0 Å². The zero-order chi connectivity index (χ0) is 11.7. The summed E-state index contributed by atoms with van der Waals surface area (Å²) in [5, 5.41) is 18.0. The Balaban J connectivity index is 4.40. The maximum absolute atomic E-state index is 8.99. The van der Waals surface area contributed by atoms with Gasteiger partial charge in [-0.25, -0.2) is 0 Å². The maximum Gasteiger partial charge on any atom is 0.0621 e. The molecule has 15 heavy (non-hydrogen) atoms. The first-order valence-electron chi connectivity index (χ1n) is 5.94. The van der Waals surface area contributed by atoms with E-state index >= 15 is 0 Å². The SMILES string of the molecule is CCC(N(CC)CC)N(CCO)CCO. The van der Waals surface area contributed by atoms with Crippen LogP contribution >= 0.6 is 0 Å². The van der Waals surface area contributed by atoms with E-state index in [1.165, 1.54) is 0 Å². The number of hydrogen-bond donors (Lipinski definition) is 2. The second-order valence-electron chi connectivity index (χ2n) is 3.59. The molecule has 4 heteroatoms. The first-order valence-corrected chi connectivity index (χ1v) is 5.94. The molecule has 0 fully saturated rings. The Kier molecular flexibility index (Phi) is 9.00. The average Bonchev–Trinajstić information content (AvgIpc) is 2.25. The molecule has 2 N–H and O–H groups in total. The highest BCUT2D eigenvalue weighted by atomic mass is 16.3. The second kappa shape index (κ2) is 9.09. The second-order valence-corrected chi connectivity index (χ2v) is 3.59. The molecule has 0 rings (SSSR count). The van der Waals surface area contributed by atoms with Gasteiger partial charge in [-0.2, -0.15) is 0 Å². The Morgan fingerprint density at radius 1 is 0.867 bits per heavy atom. The number of nitrogens with zero attached hydrogens (tertiary/aromatic N) is 2. The van der Waals surface area contributed by atoms with Gasteiger partial charge in [0.15, 0.2) is 0 Å². The molecule has 0 saturated carbocycles. The lowest BCUT2D eigenvalue weighted by Gasteiger charge is -2.37. The zero-order valence-electron chi connectivity index (χ0n) is 10.3. The number of hydrogen-bond acceptors (Lipinski definition) is 4. The normalized spacial score (nSPS) is 13.8. The summed E-state index contributed by atoms with van der Waals surface area (Å²) in [4.78, 5) is 4.50. The van der Waals surface area contributed by atoms with Crippen molar-refractivity contribution < 1.29 is 10.2 Å². The molecular weight excluding hydrogens is 192 g/mol. The summed E-state index contributed by atoms with van der Waals surface area (Å²) in [6.45, 7) is 10.0. The van der Waals surface area contributed by atoms with Gasteiger partial charge in [-0.3, -0.25) is 9.80 Å². The lowest BCUT2D eigenvalue weighted by atomic mass is 10.2. The van der Waals surface area contributed by atoms with Crippen LogP contribution in [0.25, 0.3) is 0 Å². The van der Waals surface area contributed by atoms with Gasteiger partial charge in [0.25, 0.3) is 0 Å². The van der Waals surface area contributed by atoms with Crippen molar-refractivity contribution in [2.24, 2.45) is 0 Å². The summed E-state index contributed by atoms with van der Waals surface area (Å²) in [5.74, 6) is 0. The molecule has 0 aromatic heterocycles. The van der Waals surface area contributed by atoms with E-state index < -0.39 is 0 Å². The summed E-state index contributed by atoms with van der Waals surface area (Å²) in [5.41, 5.74) is 0. The minimum absolute atomic E-state index is 0.151. The van der Waals surface area contributed by atoms with Crippen LogP contribution in [-0.2, 0) is 0 Å². The molecule has 0 spiro atoms. The molecule has 4 nitrogen and oxygen atoms in total. The minimum Gasteiger partial charge on any atom is -0.395 e. The first-order chi connectivity index (χ1) is 7.24. The fourth-order valence-corrected chi connectivity index (χ4v) is 2.06. The molecule has 0 aliphatic carbocycles. The Morgan fingerprint density at radius 2 is 1.33 bits per heavy atom. The van der Waals surface area contributed by atoms with E-state index in [-0.39, 0.29) is 13.2 Å². The maximum atomic E-state index is 8.99. The van der Waals surface area contributed by atoms with Gasteiger partial charge in [-0.1, -0.05) is 20.8 Å². The van der Waals surface area contributed by atoms with E-state index in [1.807, 2.05) is 0 Å². The molecule has 0 bridgehead atoms. The van der Waals surface area contributed by atoms with Crippen molar-refractivity contribution in [1.82, 2.24) is 9.80 Å². The quantitative estimate of drug-likeness (QED) is 0.548. The topological polar surface area (TPSA) is 46.9 Å². The van der Waals surface area contributed by atoms with Crippen LogP contribution in [0.2, 0.25) is 0 Å². The van der Waals surface area contributed by atoms with Crippen molar-refractivity contribution in [3.63, 3.8) is 0 Å². The summed E-state index contributed by atoms with van der Waals surface area (Å²) < 4.78 is 0. The highest BCUT2D eigenvalue weighted by molar-refractivity contribution is 4.70. The smallest absolute Gasteiger partial charge is 0.0621 e. The van der Waals surface area contributed by atoms with Gasteiger partial charge in [0.2, 0.25) is 0 Å². The van der Waals surface area contributed by atoms with E-state index in [9.17, 15) is 0 Å². The summed E-state index contributed by atoms with van der Waals surface area (Å²) in [7, 11) is 0. The Labute approximate surface area is 93.5 Å². The molecule has 0 aromatic carbocycles. The lowest BCUT2D eigenvalue weighted by Crippen LogP contribution is -2.50. The van der Waals surface area contributed by atoms with E-state index in [0.29, 0.717) is 19.3 Å². The molecule has 1 atom stereocenters. The van der Waals surface area contributed by atoms with Gasteiger partial charge in [0.1, 0.15) is 0 Å². The van der Waals surface area contributed by atoms with Crippen molar-refractivity contribution in [2.75, 3.05) is 39.4 Å². The van der Waals surface area contributed by atoms with Crippen LogP contribution in [-0.4, -0.2) is 65.6 Å². The largest absolute Gasteiger partial charge is 0.395 e. The van der Waals surface area contributed by atoms with Crippen LogP contribution in [0, 0.1) is 0 Å². The fraction of sp³-hybridized carbons (Fsp3) is 1.00. The molecule has 0 amide bonds. The molecule has 0 aliphatic heterocycles. The Hall–Kier alpha value is -0.160. The third kappa shape index (κ3) is 4.93. The average molecular weight is 218 g/mol. The van der Waals surface area contributed by atoms with Gasteiger partial charge in [-0.05, 0) is 19.5 Å². The summed E-state index contributed by atoms with van der Waals surface area (Å²) in [6.07, 6.45) is 1.35. The van der Waals surface area contributed by atoms with Crippen LogP contribution in [0.1, 0.15) is 27.2 Å². The standard InChI is InChI=1S/C11H26N2O2/c1-4-11(12(5-2)6-3)13(7-9-14)8-10-15/h11,14-15H,4-10H2,1-3H3. The predicted molar refractivity (Wildman–Crippen MR) is 62.7 cm³/mol.